The molecule has 3 atom stereocenters. The molecule has 7 heteroatoms. The molecule has 0 aliphatic carbocycles. The molecule has 0 saturated carbocycles. The number of rotatable bonds is 1. The van der Waals surface area contributed by atoms with E-state index in [9.17, 15) is 16.8 Å². The fraction of sp³-hybridized carbons (Fsp3) is 1.00. The topological polar surface area (TPSA) is 77.5 Å². The Morgan fingerprint density at radius 1 is 1.36 bits per heavy atom. The third-order valence-electron chi connectivity index (χ3n) is 2.75. The number of ether oxygens (including phenoxy) is 1. The van der Waals surface area contributed by atoms with E-state index < -0.39 is 35.6 Å². The third kappa shape index (κ3) is 1.30. The molecule has 2 rings (SSSR count). The number of sulfone groups is 2. The molecule has 0 spiro atoms. The van der Waals surface area contributed by atoms with Crippen molar-refractivity contribution in [2.45, 2.75) is 28.8 Å². The molecule has 5 nitrogen and oxygen atoms in total. The molecule has 2 aliphatic heterocycles. The highest BCUT2D eigenvalue weighted by Crippen LogP contribution is 2.40. The van der Waals surface area contributed by atoms with Crippen molar-refractivity contribution >= 4 is 19.7 Å². The minimum absolute atomic E-state index is 0.461. The summed E-state index contributed by atoms with van der Waals surface area (Å²) in [5.74, 6) is 0. The van der Waals surface area contributed by atoms with Crippen LogP contribution in [0.5, 0.6) is 0 Å². The molecule has 0 aromatic heterocycles. The lowest BCUT2D eigenvalue weighted by atomic mass is 10.1. The van der Waals surface area contributed by atoms with Gasteiger partial charge in [0.25, 0.3) is 0 Å². The molecule has 2 saturated heterocycles. The van der Waals surface area contributed by atoms with Crippen LogP contribution in [0.1, 0.15) is 12.8 Å². The Hall–Kier alpha value is -0.140. The molecule has 82 valence electrons. The second-order valence-corrected chi connectivity index (χ2v) is 8.56. The van der Waals surface area contributed by atoms with Crippen LogP contribution in [0.3, 0.4) is 0 Å². The summed E-state index contributed by atoms with van der Waals surface area (Å²) in [5, 5.41) is -0.587. The van der Waals surface area contributed by atoms with E-state index in [0.29, 0.717) is 19.4 Å². The van der Waals surface area contributed by atoms with Gasteiger partial charge in [-0.25, -0.2) is 16.8 Å². The standard InChI is InChI=1S/C7H12O5S2/c1-13(8,9)7-6-5(14(7,10)11)3-2-4-12-6/h5-7H,2-4H2,1H3/t5-,6+,7+/m0/s1. The van der Waals surface area contributed by atoms with Crippen molar-refractivity contribution < 1.29 is 21.6 Å². The smallest absolute Gasteiger partial charge is 0.190 e. The Morgan fingerprint density at radius 2 is 2.00 bits per heavy atom. The van der Waals surface area contributed by atoms with E-state index in [2.05, 4.69) is 0 Å². The number of hydrogen-bond acceptors (Lipinski definition) is 5. The summed E-state index contributed by atoms with van der Waals surface area (Å²) < 4.78 is 49.5. The largest absolute Gasteiger partial charge is 0.374 e. The predicted octanol–water partition coefficient (Wildman–Crippen LogP) is -0.667. The molecule has 0 radical (unpaired) electrons. The average molecular weight is 240 g/mol. The summed E-state index contributed by atoms with van der Waals surface area (Å²) in [6, 6.07) is 0. The monoisotopic (exact) mass is 240 g/mol. The lowest BCUT2D eigenvalue weighted by molar-refractivity contribution is 0.0134. The molecule has 14 heavy (non-hydrogen) atoms. The predicted molar refractivity (Wildman–Crippen MR) is 50.3 cm³/mol. The van der Waals surface area contributed by atoms with E-state index in [1.165, 1.54) is 0 Å². The maximum absolute atomic E-state index is 11.6. The Morgan fingerprint density at radius 3 is 2.57 bits per heavy atom. The average Bonchev–Trinajstić information content (AvgIpc) is 2.00. The van der Waals surface area contributed by atoms with Crippen molar-refractivity contribution in [3.63, 3.8) is 0 Å². The van der Waals surface area contributed by atoms with Crippen molar-refractivity contribution in [3.8, 4) is 0 Å². The maximum Gasteiger partial charge on any atom is 0.190 e. The molecular formula is C7H12O5S2. The SMILES string of the molecule is CS(=O)(=O)[C@H]1[C@@H]2OCCC[C@@H]2S1(=O)=O. The first kappa shape index (κ1) is 10.4. The minimum Gasteiger partial charge on any atom is -0.374 e. The molecule has 2 fully saturated rings. The summed E-state index contributed by atoms with van der Waals surface area (Å²) in [5.41, 5.74) is 0. The molecule has 0 bridgehead atoms. The summed E-state index contributed by atoms with van der Waals surface area (Å²) in [4.78, 5) is 0. The molecule has 0 amide bonds. The number of hydrogen-bond donors (Lipinski definition) is 0. The Kier molecular flexibility index (Phi) is 2.17. The molecule has 0 aromatic rings. The molecule has 0 N–H and O–H groups in total. The first-order chi connectivity index (χ1) is 6.35. The summed E-state index contributed by atoms with van der Waals surface area (Å²) >= 11 is 0. The number of fused-ring (bicyclic) bond motifs is 1. The van der Waals surface area contributed by atoms with Crippen LogP contribution in [0.15, 0.2) is 0 Å². The van der Waals surface area contributed by atoms with E-state index in [-0.39, 0.29) is 0 Å². The molecular weight excluding hydrogens is 228 g/mol. The van der Waals surface area contributed by atoms with Crippen LogP contribution in [0.25, 0.3) is 0 Å². The van der Waals surface area contributed by atoms with Gasteiger partial charge in [-0.3, -0.25) is 0 Å². The zero-order valence-electron chi connectivity index (χ0n) is 7.71. The van der Waals surface area contributed by atoms with Crippen LogP contribution >= 0.6 is 0 Å². The summed E-state index contributed by atoms with van der Waals surface area (Å²) in [6.07, 6.45) is 1.54. The fourth-order valence-electron chi connectivity index (χ4n) is 2.14. The third-order valence-corrected chi connectivity index (χ3v) is 7.98. The van der Waals surface area contributed by atoms with Crippen LogP contribution in [0.4, 0.5) is 0 Å². The summed E-state index contributed by atoms with van der Waals surface area (Å²) in [6.45, 7) is 0.461. The van der Waals surface area contributed by atoms with Crippen molar-refractivity contribution in [1.82, 2.24) is 0 Å². The second kappa shape index (κ2) is 2.93. The van der Waals surface area contributed by atoms with Gasteiger partial charge in [0.1, 0.15) is 6.10 Å². The van der Waals surface area contributed by atoms with Crippen LogP contribution in [0, 0.1) is 0 Å². The Labute approximate surface area is 83.3 Å². The van der Waals surface area contributed by atoms with Gasteiger partial charge in [0.05, 0.1) is 5.25 Å². The second-order valence-electron chi connectivity index (χ2n) is 3.80. The van der Waals surface area contributed by atoms with E-state index in [0.717, 1.165) is 6.26 Å². The van der Waals surface area contributed by atoms with Gasteiger partial charge in [-0.2, -0.15) is 0 Å². The van der Waals surface area contributed by atoms with E-state index >= 15 is 0 Å². The Balaban J connectivity index is 2.37. The maximum atomic E-state index is 11.6. The molecule has 2 heterocycles. The fourth-order valence-corrected chi connectivity index (χ4v) is 7.19. The van der Waals surface area contributed by atoms with Crippen LogP contribution in [0.2, 0.25) is 0 Å². The minimum atomic E-state index is -3.56. The highest BCUT2D eigenvalue weighted by Gasteiger charge is 2.62. The van der Waals surface area contributed by atoms with Gasteiger partial charge < -0.3 is 4.74 Å². The molecule has 0 aromatic carbocycles. The van der Waals surface area contributed by atoms with Gasteiger partial charge in [0.2, 0.25) is 0 Å². The molecule has 0 unspecified atom stereocenters. The van der Waals surface area contributed by atoms with Gasteiger partial charge >= 0.3 is 0 Å². The lowest BCUT2D eigenvalue weighted by Crippen LogP contribution is -2.65. The highest BCUT2D eigenvalue weighted by molar-refractivity contribution is 8.10. The first-order valence-electron chi connectivity index (χ1n) is 4.38. The quantitative estimate of drug-likeness (QED) is 0.607. The van der Waals surface area contributed by atoms with Gasteiger partial charge in [0.15, 0.2) is 24.3 Å². The van der Waals surface area contributed by atoms with Crippen molar-refractivity contribution in [2.75, 3.05) is 12.9 Å². The van der Waals surface area contributed by atoms with E-state index in [1.54, 1.807) is 0 Å². The lowest BCUT2D eigenvalue weighted by Gasteiger charge is -2.44. The van der Waals surface area contributed by atoms with Gasteiger partial charge in [-0.1, -0.05) is 0 Å². The molecule has 2 aliphatic rings. The van der Waals surface area contributed by atoms with Gasteiger partial charge in [-0.15, -0.1) is 0 Å². The zero-order valence-corrected chi connectivity index (χ0v) is 9.34. The summed E-state index contributed by atoms with van der Waals surface area (Å²) in [7, 11) is -7.05. The normalized spacial score (nSPS) is 41.1. The van der Waals surface area contributed by atoms with Gasteiger partial charge in [-0.05, 0) is 12.8 Å². The van der Waals surface area contributed by atoms with E-state index in [1.807, 2.05) is 0 Å². The highest BCUT2D eigenvalue weighted by atomic mass is 32.3. The van der Waals surface area contributed by atoms with Gasteiger partial charge in [0, 0.05) is 12.9 Å². The van der Waals surface area contributed by atoms with E-state index in [4.69, 9.17) is 4.74 Å². The van der Waals surface area contributed by atoms with Crippen LogP contribution in [-0.4, -0.2) is 45.6 Å². The van der Waals surface area contributed by atoms with Crippen LogP contribution < -0.4 is 0 Å². The Bertz CT molecular complexity index is 435. The zero-order chi connectivity index (χ0) is 10.6. The van der Waals surface area contributed by atoms with Crippen molar-refractivity contribution in [2.24, 2.45) is 0 Å². The first-order valence-corrected chi connectivity index (χ1v) is 7.95. The van der Waals surface area contributed by atoms with Crippen molar-refractivity contribution in [1.29, 1.82) is 0 Å². The van der Waals surface area contributed by atoms with Crippen LogP contribution in [-0.2, 0) is 24.4 Å². The van der Waals surface area contributed by atoms with Crippen molar-refractivity contribution in [3.05, 3.63) is 0 Å².